The van der Waals surface area contributed by atoms with E-state index in [1.165, 1.54) is 5.56 Å². The Labute approximate surface area is 137 Å². The SMILES string of the molecule is COc1ccccc1C1CNCCN1Cc1cc(C)no1.Cl. The van der Waals surface area contributed by atoms with Crippen LogP contribution in [0, 0.1) is 6.92 Å². The van der Waals surface area contributed by atoms with Gasteiger partial charge in [0.05, 0.1) is 25.4 Å². The molecule has 0 aliphatic carbocycles. The van der Waals surface area contributed by atoms with Crippen LogP contribution in [0.5, 0.6) is 5.75 Å². The first-order chi connectivity index (χ1) is 10.3. The van der Waals surface area contributed by atoms with Crippen molar-refractivity contribution in [1.82, 2.24) is 15.4 Å². The van der Waals surface area contributed by atoms with E-state index in [0.717, 1.165) is 43.4 Å². The molecule has 1 aromatic carbocycles. The molecular formula is C16H22ClN3O2. The molecule has 1 aliphatic heterocycles. The van der Waals surface area contributed by atoms with Crippen LogP contribution in [-0.4, -0.2) is 36.8 Å². The molecule has 1 atom stereocenters. The molecule has 0 bridgehead atoms. The molecule has 22 heavy (non-hydrogen) atoms. The van der Waals surface area contributed by atoms with E-state index in [1.807, 2.05) is 25.1 Å². The van der Waals surface area contributed by atoms with Crippen molar-refractivity contribution in [2.24, 2.45) is 0 Å². The van der Waals surface area contributed by atoms with Gasteiger partial charge in [-0.3, -0.25) is 4.90 Å². The van der Waals surface area contributed by atoms with Gasteiger partial charge in [0.1, 0.15) is 5.75 Å². The maximum Gasteiger partial charge on any atom is 0.150 e. The van der Waals surface area contributed by atoms with E-state index in [4.69, 9.17) is 9.26 Å². The summed E-state index contributed by atoms with van der Waals surface area (Å²) in [6.45, 7) is 5.59. The summed E-state index contributed by atoms with van der Waals surface area (Å²) in [5, 5.41) is 7.43. The summed E-state index contributed by atoms with van der Waals surface area (Å²) in [4.78, 5) is 2.41. The van der Waals surface area contributed by atoms with E-state index < -0.39 is 0 Å². The van der Waals surface area contributed by atoms with Gasteiger partial charge in [-0.2, -0.15) is 0 Å². The second-order valence-corrected chi connectivity index (χ2v) is 5.37. The van der Waals surface area contributed by atoms with E-state index in [9.17, 15) is 0 Å². The highest BCUT2D eigenvalue weighted by Crippen LogP contribution is 2.31. The van der Waals surface area contributed by atoms with Gasteiger partial charge < -0.3 is 14.6 Å². The molecule has 0 radical (unpaired) electrons. The number of nitrogens with zero attached hydrogens (tertiary/aromatic N) is 2. The van der Waals surface area contributed by atoms with Crippen LogP contribution in [0.3, 0.4) is 0 Å². The Hall–Kier alpha value is -1.56. The zero-order valence-corrected chi connectivity index (χ0v) is 13.7. The lowest BCUT2D eigenvalue weighted by Gasteiger charge is -2.36. The van der Waals surface area contributed by atoms with Crippen molar-refractivity contribution in [3.63, 3.8) is 0 Å². The molecule has 1 unspecified atom stereocenters. The molecule has 1 fully saturated rings. The maximum absolute atomic E-state index is 5.51. The fourth-order valence-electron chi connectivity index (χ4n) is 2.87. The van der Waals surface area contributed by atoms with Crippen LogP contribution < -0.4 is 10.1 Å². The van der Waals surface area contributed by atoms with Crippen molar-refractivity contribution in [2.45, 2.75) is 19.5 Å². The van der Waals surface area contributed by atoms with E-state index >= 15 is 0 Å². The van der Waals surface area contributed by atoms with Gasteiger partial charge in [-0.25, -0.2) is 0 Å². The number of aryl methyl sites for hydroxylation is 1. The van der Waals surface area contributed by atoms with Crippen LogP contribution in [0.15, 0.2) is 34.9 Å². The topological polar surface area (TPSA) is 50.5 Å². The lowest BCUT2D eigenvalue weighted by Crippen LogP contribution is -2.45. The minimum Gasteiger partial charge on any atom is -0.496 e. The minimum atomic E-state index is 0. The molecule has 6 heteroatoms. The predicted octanol–water partition coefficient (Wildman–Crippen LogP) is 2.56. The second kappa shape index (κ2) is 7.63. The Balaban J connectivity index is 0.00000176. The van der Waals surface area contributed by atoms with Gasteiger partial charge >= 0.3 is 0 Å². The van der Waals surface area contributed by atoms with Crippen molar-refractivity contribution in [1.29, 1.82) is 0 Å². The molecular weight excluding hydrogens is 302 g/mol. The monoisotopic (exact) mass is 323 g/mol. The number of hydrogen-bond donors (Lipinski definition) is 1. The fraction of sp³-hybridized carbons (Fsp3) is 0.438. The van der Waals surface area contributed by atoms with Crippen LogP contribution in [0.4, 0.5) is 0 Å². The molecule has 3 rings (SSSR count). The van der Waals surface area contributed by atoms with E-state index in [2.05, 4.69) is 27.5 Å². The summed E-state index contributed by atoms with van der Waals surface area (Å²) in [6.07, 6.45) is 0. The standard InChI is InChI=1S/C16H21N3O2.ClH/c1-12-9-13(21-18-12)11-19-8-7-17-10-15(19)14-5-3-4-6-16(14)20-2;/h3-6,9,15,17H,7-8,10-11H2,1-2H3;1H. The number of para-hydroxylation sites is 1. The van der Waals surface area contributed by atoms with E-state index in [1.54, 1.807) is 7.11 Å². The molecule has 1 N–H and O–H groups in total. The van der Waals surface area contributed by atoms with Crippen molar-refractivity contribution >= 4 is 12.4 Å². The third-order valence-electron chi connectivity index (χ3n) is 3.89. The molecule has 2 aromatic rings. The van der Waals surface area contributed by atoms with Gasteiger partial charge in [-0.05, 0) is 13.0 Å². The zero-order chi connectivity index (χ0) is 14.7. The third-order valence-corrected chi connectivity index (χ3v) is 3.89. The Morgan fingerprint density at radius 1 is 1.41 bits per heavy atom. The summed E-state index contributed by atoms with van der Waals surface area (Å²) in [5.74, 6) is 1.85. The summed E-state index contributed by atoms with van der Waals surface area (Å²) in [7, 11) is 1.72. The predicted molar refractivity (Wildman–Crippen MR) is 87.5 cm³/mol. The highest BCUT2D eigenvalue weighted by atomic mass is 35.5. The summed E-state index contributed by atoms with van der Waals surface area (Å²) >= 11 is 0. The smallest absolute Gasteiger partial charge is 0.150 e. The van der Waals surface area contributed by atoms with Gasteiger partial charge in [-0.1, -0.05) is 23.4 Å². The largest absolute Gasteiger partial charge is 0.496 e. The summed E-state index contributed by atoms with van der Waals surface area (Å²) in [5.41, 5.74) is 2.14. The van der Waals surface area contributed by atoms with E-state index in [0.29, 0.717) is 0 Å². The van der Waals surface area contributed by atoms with Crippen LogP contribution in [0.1, 0.15) is 23.1 Å². The maximum atomic E-state index is 5.51. The highest BCUT2D eigenvalue weighted by molar-refractivity contribution is 5.85. The number of methoxy groups -OCH3 is 1. The highest BCUT2D eigenvalue weighted by Gasteiger charge is 2.27. The molecule has 1 saturated heterocycles. The first-order valence-electron chi connectivity index (χ1n) is 7.28. The van der Waals surface area contributed by atoms with Gasteiger partial charge in [0.2, 0.25) is 0 Å². The molecule has 0 saturated carbocycles. The number of piperazine rings is 1. The molecule has 5 nitrogen and oxygen atoms in total. The molecule has 1 aliphatic rings. The summed E-state index contributed by atoms with van der Waals surface area (Å²) in [6, 6.07) is 10.5. The van der Waals surface area contributed by atoms with Crippen molar-refractivity contribution in [3.8, 4) is 5.75 Å². The molecule has 120 valence electrons. The quantitative estimate of drug-likeness (QED) is 0.937. The third kappa shape index (κ3) is 3.61. The first-order valence-corrected chi connectivity index (χ1v) is 7.28. The number of halogens is 1. The molecule has 1 aromatic heterocycles. The van der Waals surface area contributed by atoms with E-state index in [-0.39, 0.29) is 18.4 Å². The number of benzene rings is 1. The number of nitrogens with one attached hydrogen (secondary N) is 1. The van der Waals surface area contributed by atoms with Crippen molar-refractivity contribution < 1.29 is 9.26 Å². The molecule has 0 spiro atoms. The number of aromatic nitrogens is 1. The Kier molecular flexibility index (Phi) is 5.83. The Morgan fingerprint density at radius 3 is 2.95 bits per heavy atom. The van der Waals surface area contributed by atoms with Crippen LogP contribution in [0.2, 0.25) is 0 Å². The first kappa shape index (κ1) is 16.8. The zero-order valence-electron chi connectivity index (χ0n) is 12.9. The van der Waals surface area contributed by atoms with Crippen molar-refractivity contribution in [3.05, 3.63) is 47.3 Å². The lowest BCUT2D eigenvalue weighted by molar-refractivity contribution is 0.136. The lowest BCUT2D eigenvalue weighted by atomic mass is 10.0. The van der Waals surface area contributed by atoms with Crippen LogP contribution >= 0.6 is 12.4 Å². The number of hydrogen-bond acceptors (Lipinski definition) is 5. The minimum absolute atomic E-state index is 0. The number of ether oxygens (including phenoxy) is 1. The van der Waals surface area contributed by atoms with Gasteiger partial charge in [0.15, 0.2) is 5.76 Å². The van der Waals surface area contributed by atoms with Gasteiger partial charge in [0.25, 0.3) is 0 Å². The fourth-order valence-corrected chi connectivity index (χ4v) is 2.87. The normalized spacial score (nSPS) is 18.7. The van der Waals surface area contributed by atoms with Gasteiger partial charge in [-0.15, -0.1) is 12.4 Å². The second-order valence-electron chi connectivity index (χ2n) is 5.37. The average Bonchev–Trinajstić information content (AvgIpc) is 2.93. The number of rotatable bonds is 4. The van der Waals surface area contributed by atoms with Gasteiger partial charge in [0, 0.05) is 31.3 Å². The Bertz CT molecular complexity index is 603. The molecule has 0 amide bonds. The van der Waals surface area contributed by atoms with Crippen LogP contribution in [0.25, 0.3) is 0 Å². The Morgan fingerprint density at radius 2 is 2.23 bits per heavy atom. The summed E-state index contributed by atoms with van der Waals surface area (Å²) < 4.78 is 10.9. The van der Waals surface area contributed by atoms with Crippen molar-refractivity contribution in [2.75, 3.05) is 26.7 Å². The van der Waals surface area contributed by atoms with Crippen LogP contribution in [-0.2, 0) is 6.54 Å². The average molecular weight is 324 g/mol. The molecule has 2 heterocycles.